The van der Waals surface area contributed by atoms with Gasteiger partial charge < -0.3 is 5.32 Å². The van der Waals surface area contributed by atoms with E-state index in [2.05, 4.69) is 40.6 Å². The van der Waals surface area contributed by atoms with Gasteiger partial charge in [-0.1, -0.05) is 36.4 Å². The summed E-state index contributed by atoms with van der Waals surface area (Å²) < 4.78 is 0. The molecule has 3 aromatic rings. The summed E-state index contributed by atoms with van der Waals surface area (Å²) in [5.41, 5.74) is 1.93. The van der Waals surface area contributed by atoms with Crippen molar-refractivity contribution in [2.75, 3.05) is 11.2 Å². The van der Waals surface area contributed by atoms with E-state index < -0.39 is 0 Å². The highest BCUT2D eigenvalue weighted by atomic mass is 35.5. The molecule has 0 aliphatic carbocycles. The molecule has 112 valence electrons. The van der Waals surface area contributed by atoms with Crippen LogP contribution >= 0.6 is 22.9 Å². The Kier molecular flexibility index (Phi) is 4.71. The van der Waals surface area contributed by atoms with Crippen LogP contribution in [0.5, 0.6) is 0 Å². The van der Waals surface area contributed by atoms with Crippen LogP contribution in [0.2, 0.25) is 0 Å². The van der Waals surface area contributed by atoms with Gasteiger partial charge in [-0.25, -0.2) is 4.98 Å². The molecule has 1 aromatic heterocycles. The van der Waals surface area contributed by atoms with Crippen LogP contribution in [0.15, 0.2) is 47.8 Å². The third kappa shape index (κ3) is 3.46. The smallest absolute Gasteiger partial charge is 0.226 e. The Morgan fingerprint density at radius 3 is 2.82 bits per heavy atom. The zero-order chi connectivity index (χ0) is 15.4. The number of fused-ring (bicyclic) bond motifs is 1. The number of rotatable bonds is 5. The van der Waals surface area contributed by atoms with Crippen molar-refractivity contribution in [2.45, 2.75) is 12.8 Å². The average Bonchev–Trinajstić information content (AvgIpc) is 3.01. The molecule has 1 heterocycles. The normalized spacial score (nSPS) is 10.8. The summed E-state index contributed by atoms with van der Waals surface area (Å²) in [5.74, 6) is 0.452. The second-order valence-corrected chi connectivity index (χ2v) is 6.18. The van der Waals surface area contributed by atoms with Crippen LogP contribution in [0.4, 0.5) is 5.13 Å². The van der Waals surface area contributed by atoms with Crippen LogP contribution in [-0.4, -0.2) is 16.8 Å². The van der Waals surface area contributed by atoms with E-state index in [4.69, 9.17) is 11.6 Å². The number of hydrogen-bond acceptors (Lipinski definition) is 3. The Labute approximate surface area is 138 Å². The van der Waals surface area contributed by atoms with Crippen molar-refractivity contribution < 1.29 is 4.79 Å². The number of benzene rings is 2. The van der Waals surface area contributed by atoms with Crippen molar-refractivity contribution in [1.29, 1.82) is 0 Å². The molecule has 0 aliphatic rings. The second kappa shape index (κ2) is 6.90. The van der Waals surface area contributed by atoms with E-state index in [0.717, 1.165) is 11.3 Å². The molecule has 0 spiro atoms. The molecule has 2 aromatic carbocycles. The number of alkyl halides is 1. The van der Waals surface area contributed by atoms with Crippen LogP contribution in [0.1, 0.15) is 12.8 Å². The molecule has 1 amide bonds. The lowest BCUT2D eigenvalue weighted by Gasteiger charge is -2.01. The Hall–Kier alpha value is -1.91. The summed E-state index contributed by atoms with van der Waals surface area (Å²) >= 11 is 7.02. The Balaban J connectivity index is 1.78. The fourth-order valence-corrected chi connectivity index (χ4v) is 3.09. The predicted octanol–water partition coefficient (Wildman–Crippen LogP) is 4.92. The number of aromatic nitrogens is 1. The molecule has 5 heteroatoms. The molecule has 22 heavy (non-hydrogen) atoms. The van der Waals surface area contributed by atoms with Crippen molar-refractivity contribution in [3.63, 3.8) is 0 Å². The summed E-state index contributed by atoms with van der Waals surface area (Å²) in [6, 6.07) is 14.5. The van der Waals surface area contributed by atoms with Crippen molar-refractivity contribution >= 4 is 44.7 Å². The summed E-state index contributed by atoms with van der Waals surface area (Å²) in [7, 11) is 0. The van der Waals surface area contributed by atoms with Crippen LogP contribution in [0, 0.1) is 0 Å². The van der Waals surface area contributed by atoms with Gasteiger partial charge in [0.25, 0.3) is 0 Å². The third-order valence-corrected chi connectivity index (χ3v) is 4.36. The molecule has 0 bridgehead atoms. The summed E-state index contributed by atoms with van der Waals surface area (Å²) in [6.45, 7) is 0. The van der Waals surface area contributed by atoms with E-state index in [-0.39, 0.29) is 5.91 Å². The third-order valence-electron chi connectivity index (χ3n) is 3.33. The maximum Gasteiger partial charge on any atom is 0.226 e. The van der Waals surface area contributed by atoms with Crippen LogP contribution < -0.4 is 5.32 Å². The summed E-state index contributed by atoms with van der Waals surface area (Å²) in [6.07, 6.45) is 1.10. The average molecular weight is 331 g/mol. The van der Waals surface area contributed by atoms with Crippen molar-refractivity contribution in [1.82, 2.24) is 4.98 Å². The van der Waals surface area contributed by atoms with Gasteiger partial charge >= 0.3 is 0 Å². The van der Waals surface area contributed by atoms with E-state index in [1.807, 2.05) is 17.5 Å². The summed E-state index contributed by atoms with van der Waals surface area (Å²) in [4.78, 5) is 16.2. The van der Waals surface area contributed by atoms with Crippen molar-refractivity contribution in [3.05, 3.63) is 47.8 Å². The Bertz CT molecular complexity index is 800. The molecule has 0 saturated heterocycles. The highest BCUT2D eigenvalue weighted by Gasteiger charge is 2.08. The number of hydrogen-bond donors (Lipinski definition) is 1. The minimum atomic E-state index is -0.0416. The van der Waals surface area contributed by atoms with Gasteiger partial charge in [0.15, 0.2) is 5.13 Å². The molecule has 1 N–H and O–H groups in total. The number of carbonyl (C=O) groups excluding carboxylic acids is 1. The summed E-state index contributed by atoms with van der Waals surface area (Å²) in [5, 5.41) is 7.79. The van der Waals surface area contributed by atoms with E-state index >= 15 is 0 Å². The molecule has 3 nitrogen and oxygen atoms in total. The predicted molar refractivity (Wildman–Crippen MR) is 93.6 cm³/mol. The van der Waals surface area contributed by atoms with Gasteiger partial charge in [0.1, 0.15) is 0 Å². The topological polar surface area (TPSA) is 42.0 Å². The molecule has 0 saturated carbocycles. The monoisotopic (exact) mass is 330 g/mol. The number of nitrogens with one attached hydrogen (secondary N) is 1. The van der Waals surface area contributed by atoms with E-state index in [0.29, 0.717) is 23.9 Å². The first-order valence-corrected chi connectivity index (χ1v) is 8.48. The first kappa shape index (κ1) is 15.0. The molecule has 3 rings (SSSR count). The zero-order valence-electron chi connectivity index (χ0n) is 11.9. The van der Waals surface area contributed by atoms with E-state index in [9.17, 15) is 4.79 Å². The number of nitrogens with zero attached hydrogens (tertiary/aromatic N) is 1. The quantitative estimate of drug-likeness (QED) is 0.674. The fraction of sp³-hybridized carbons (Fsp3) is 0.176. The van der Waals surface area contributed by atoms with Gasteiger partial charge in [-0.15, -0.1) is 22.9 Å². The molecule has 0 atom stereocenters. The maximum absolute atomic E-state index is 11.7. The first-order valence-electron chi connectivity index (χ1n) is 7.07. The lowest BCUT2D eigenvalue weighted by molar-refractivity contribution is -0.116. The highest BCUT2D eigenvalue weighted by molar-refractivity contribution is 7.14. The number of carbonyl (C=O) groups is 1. The maximum atomic E-state index is 11.7. The second-order valence-electron chi connectivity index (χ2n) is 4.94. The minimum Gasteiger partial charge on any atom is -0.302 e. The van der Waals surface area contributed by atoms with Gasteiger partial charge in [0.2, 0.25) is 5.91 Å². The molecular formula is C17H15ClN2OS. The lowest BCUT2D eigenvalue weighted by Crippen LogP contribution is -2.10. The van der Waals surface area contributed by atoms with Crippen LogP contribution in [-0.2, 0) is 4.79 Å². The highest BCUT2D eigenvalue weighted by Crippen LogP contribution is 2.27. The SMILES string of the molecule is O=C(CCCCl)Nc1nc(-c2ccc3ccccc3c2)cs1. The van der Waals surface area contributed by atoms with E-state index in [1.54, 1.807) is 0 Å². The molecular weight excluding hydrogens is 316 g/mol. The fourth-order valence-electron chi connectivity index (χ4n) is 2.22. The number of halogens is 1. The van der Waals surface area contributed by atoms with Gasteiger partial charge in [-0.05, 0) is 23.3 Å². The van der Waals surface area contributed by atoms with Crippen molar-refractivity contribution in [3.8, 4) is 11.3 Å². The van der Waals surface area contributed by atoms with Crippen LogP contribution in [0.3, 0.4) is 0 Å². The van der Waals surface area contributed by atoms with Gasteiger partial charge in [-0.3, -0.25) is 4.79 Å². The van der Waals surface area contributed by atoms with Gasteiger partial charge in [0.05, 0.1) is 5.69 Å². The van der Waals surface area contributed by atoms with E-state index in [1.165, 1.54) is 22.1 Å². The number of amides is 1. The number of thiazole rings is 1. The molecule has 0 unspecified atom stereocenters. The van der Waals surface area contributed by atoms with Crippen LogP contribution in [0.25, 0.3) is 22.0 Å². The largest absolute Gasteiger partial charge is 0.302 e. The lowest BCUT2D eigenvalue weighted by atomic mass is 10.1. The Morgan fingerprint density at radius 2 is 2.00 bits per heavy atom. The zero-order valence-corrected chi connectivity index (χ0v) is 13.5. The molecule has 0 radical (unpaired) electrons. The standard InChI is InChI=1S/C17H15ClN2OS/c18-9-3-6-16(21)20-17-19-15(11-22-17)14-8-7-12-4-1-2-5-13(12)10-14/h1-2,4-5,7-8,10-11H,3,6,9H2,(H,19,20,21). The molecule has 0 aliphatic heterocycles. The minimum absolute atomic E-state index is 0.0416. The van der Waals surface area contributed by atoms with Gasteiger partial charge in [0, 0.05) is 23.2 Å². The van der Waals surface area contributed by atoms with Gasteiger partial charge in [-0.2, -0.15) is 0 Å². The number of anilines is 1. The van der Waals surface area contributed by atoms with Crippen molar-refractivity contribution in [2.24, 2.45) is 0 Å². The molecule has 0 fully saturated rings. The Morgan fingerprint density at radius 1 is 1.18 bits per heavy atom. The first-order chi connectivity index (χ1) is 10.8.